The summed E-state index contributed by atoms with van der Waals surface area (Å²) >= 11 is 0. The van der Waals surface area contributed by atoms with Crippen LogP contribution in [0.15, 0.2) is 17.2 Å². The molecule has 1 aliphatic heterocycles. The molecule has 5 nitrogen and oxygen atoms in total. The van der Waals surface area contributed by atoms with Crippen molar-refractivity contribution in [1.82, 2.24) is 5.01 Å². The van der Waals surface area contributed by atoms with Crippen molar-refractivity contribution in [2.24, 2.45) is 5.10 Å². The number of nitrogens with zero attached hydrogens (tertiary/aromatic N) is 2. The van der Waals surface area contributed by atoms with E-state index in [1.54, 1.807) is 21.3 Å². The Morgan fingerprint density at radius 3 is 2.05 bits per heavy atom. The molecule has 1 heterocycles. The van der Waals surface area contributed by atoms with Gasteiger partial charge in [0.25, 0.3) is 0 Å². The normalized spacial score (nSPS) is 22.0. The van der Waals surface area contributed by atoms with Crippen LogP contribution in [0.1, 0.15) is 38.7 Å². The van der Waals surface area contributed by atoms with Crippen LogP contribution < -0.4 is 14.2 Å². The second-order valence-electron chi connectivity index (χ2n) is 5.70. The lowest BCUT2D eigenvalue weighted by Gasteiger charge is -2.36. The number of piperidine rings is 1. The number of ether oxygens (including phenoxy) is 3. The van der Waals surface area contributed by atoms with E-state index >= 15 is 0 Å². The molecule has 2 atom stereocenters. The molecule has 1 fully saturated rings. The van der Waals surface area contributed by atoms with E-state index in [1.165, 1.54) is 19.3 Å². The summed E-state index contributed by atoms with van der Waals surface area (Å²) in [6, 6.07) is 4.64. The lowest BCUT2D eigenvalue weighted by molar-refractivity contribution is 0.109. The van der Waals surface area contributed by atoms with Gasteiger partial charge in [0.1, 0.15) is 5.75 Å². The van der Waals surface area contributed by atoms with Gasteiger partial charge >= 0.3 is 0 Å². The van der Waals surface area contributed by atoms with Crippen molar-refractivity contribution >= 4 is 6.21 Å². The molecule has 0 N–H and O–H groups in total. The fraction of sp³-hybridized carbons (Fsp3) is 0.588. The van der Waals surface area contributed by atoms with Crippen molar-refractivity contribution < 1.29 is 14.2 Å². The first-order valence-corrected chi connectivity index (χ1v) is 7.73. The molecule has 0 amide bonds. The number of benzene rings is 1. The third kappa shape index (κ3) is 3.46. The van der Waals surface area contributed by atoms with Crippen LogP contribution in [0.25, 0.3) is 0 Å². The predicted molar refractivity (Wildman–Crippen MR) is 88.3 cm³/mol. The Bertz CT molecular complexity index is 521. The van der Waals surface area contributed by atoms with Gasteiger partial charge in [-0.25, -0.2) is 0 Å². The molecule has 0 saturated carbocycles. The number of methoxy groups -OCH3 is 3. The summed E-state index contributed by atoms with van der Waals surface area (Å²) in [4.78, 5) is 0. The molecule has 122 valence electrons. The Morgan fingerprint density at radius 1 is 0.955 bits per heavy atom. The summed E-state index contributed by atoms with van der Waals surface area (Å²) in [6.45, 7) is 4.44. The largest absolute Gasteiger partial charge is 0.496 e. The second-order valence-corrected chi connectivity index (χ2v) is 5.70. The monoisotopic (exact) mass is 306 g/mol. The highest BCUT2D eigenvalue weighted by Gasteiger charge is 2.23. The Morgan fingerprint density at radius 2 is 1.50 bits per heavy atom. The maximum absolute atomic E-state index is 5.44. The van der Waals surface area contributed by atoms with E-state index in [0.29, 0.717) is 23.6 Å². The lowest BCUT2D eigenvalue weighted by atomic mass is 10.00. The van der Waals surface area contributed by atoms with Gasteiger partial charge in [-0.1, -0.05) is 0 Å². The van der Waals surface area contributed by atoms with Crippen LogP contribution in [0.4, 0.5) is 0 Å². The van der Waals surface area contributed by atoms with E-state index in [4.69, 9.17) is 14.2 Å². The van der Waals surface area contributed by atoms with Gasteiger partial charge in [0.05, 0.1) is 27.5 Å². The van der Waals surface area contributed by atoms with Gasteiger partial charge < -0.3 is 14.2 Å². The molecule has 0 bridgehead atoms. The predicted octanol–water partition coefficient (Wildman–Crippen LogP) is 3.31. The summed E-state index contributed by atoms with van der Waals surface area (Å²) in [5.74, 6) is 2.04. The van der Waals surface area contributed by atoms with E-state index in [9.17, 15) is 0 Å². The van der Waals surface area contributed by atoms with E-state index in [1.807, 2.05) is 18.3 Å². The molecule has 0 aliphatic carbocycles. The van der Waals surface area contributed by atoms with E-state index in [0.717, 1.165) is 11.3 Å². The number of hydrogen-bond acceptors (Lipinski definition) is 5. The molecular weight excluding hydrogens is 280 g/mol. The van der Waals surface area contributed by atoms with Crippen LogP contribution in [0.2, 0.25) is 0 Å². The molecule has 1 saturated heterocycles. The van der Waals surface area contributed by atoms with Crippen molar-refractivity contribution in [3.63, 3.8) is 0 Å². The van der Waals surface area contributed by atoms with Crippen LogP contribution in [-0.4, -0.2) is 44.6 Å². The highest BCUT2D eigenvalue weighted by molar-refractivity contribution is 5.85. The van der Waals surface area contributed by atoms with Crippen molar-refractivity contribution in [3.05, 3.63) is 17.7 Å². The smallest absolute Gasteiger partial charge is 0.164 e. The molecule has 2 rings (SSSR count). The lowest BCUT2D eigenvalue weighted by Crippen LogP contribution is -2.39. The van der Waals surface area contributed by atoms with Gasteiger partial charge in [0.15, 0.2) is 11.5 Å². The minimum atomic E-state index is 0.464. The topological polar surface area (TPSA) is 43.3 Å². The van der Waals surface area contributed by atoms with Gasteiger partial charge in [0, 0.05) is 23.7 Å². The molecule has 1 aromatic rings. The van der Waals surface area contributed by atoms with Crippen molar-refractivity contribution in [1.29, 1.82) is 0 Å². The zero-order chi connectivity index (χ0) is 16.1. The first-order chi connectivity index (χ1) is 10.6. The van der Waals surface area contributed by atoms with Gasteiger partial charge in [0.2, 0.25) is 0 Å². The molecule has 22 heavy (non-hydrogen) atoms. The number of hydrazone groups is 1. The summed E-state index contributed by atoms with van der Waals surface area (Å²) < 4.78 is 16.1. The van der Waals surface area contributed by atoms with Gasteiger partial charge in [-0.15, -0.1) is 0 Å². The zero-order valence-corrected chi connectivity index (χ0v) is 14.1. The van der Waals surface area contributed by atoms with Crippen LogP contribution in [-0.2, 0) is 0 Å². The zero-order valence-electron chi connectivity index (χ0n) is 14.1. The first kappa shape index (κ1) is 16.5. The first-order valence-electron chi connectivity index (χ1n) is 7.73. The average molecular weight is 306 g/mol. The minimum absolute atomic E-state index is 0.464. The molecule has 5 heteroatoms. The van der Waals surface area contributed by atoms with Gasteiger partial charge in [-0.3, -0.25) is 5.01 Å². The van der Waals surface area contributed by atoms with Gasteiger partial charge in [-0.05, 0) is 39.2 Å². The van der Waals surface area contributed by atoms with Crippen LogP contribution in [0.3, 0.4) is 0 Å². The summed E-state index contributed by atoms with van der Waals surface area (Å²) in [7, 11) is 4.88. The van der Waals surface area contributed by atoms with E-state index in [-0.39, 0.29) is 0 Å². The number of hydrogen-bond donors (Lipinski definition) is 0. The third-order valence-corrected chi connectivity index (χ3v) is 4.21. The SMILES string of the molecule is COc1cc(OC)c(OC)cc1/C=N\N1[C@H](C)CCC[C@H]1C. The van der Waals surface area contributed by atoms with Gasteiger partial charge in [-0.2, -0.15) is 5.10 Å². The van der Waals surface area contributed by atoms with Crippen LogP contribution in [0.5, 0.6) is 17.2 Å². The third-order valence-electron chi connectivity index (χ3n) is 4.21. The highest BCUT2D eigenvalue weighted by Crippen LogP contribution is 2.34. The Hall–Kier alpha value is -1.91. The van der Waals surface area contributed by atoms with Crippen molar-refractivity contribution in [3.8, 4) is 17.2 Å². The molecule has 0 unspecified atom stereocenters. The fourth-order valence-corrected chi connectivity index (χ4v) is 2.92. The Balaban J connectivity index is 2.29. The minimum Gasteiger partial charge on any atom is -0.496 e. The summed E-state index contributed by atoms with van der Waals surface area (Å²) in [5, 5.41) is 6.87. The quantitative estimate of drug-likeness (QED) is 0.783. The van der Waals surface area contributed by atoms with Crippen LogP contribution in [0, 0.1) is 0 Å². The maximum atomic E-state index is 5.44. The molecule has 1 aliphatic rings. The molecule has 0 aromatic heterocycles. The van der Waals surface area contributed by atoms with Crippen molar-refractivity contribution in [2.75, 3.05) is 21.3 Å². The Labute approximate surface area is 132 Å². The summed E-state index contributed by atoms with van der Waals surface area (Å²) in [6.07, 6.45) is 5.49. The molecular formula is C17H26N2O3. The Kier molecular flexibility index (Phi) is 5.52. The van der Waals surface area contributed by atoms with E-state index < -0.39 is 0 Å². The average Bonchev–Trinajstić information content (AvgIpc) is 2.53. The highest BCUT2D eigenvalue weighted by atomic mass is 16.5. The molecule has 0 spiro atoms. The number of rotatable bonds is 5. The molecule has 1 aromatic carbocycles. The standard InChI is InChI=1S/C17H26N2O3/c1-12-7-6-8-13(2)19(12)18-11-14-9-16(21-4)17(22-5)10-15(14)20-3/h9-13H,6-8H2,1-5H3/b18-11-/t12-,13-/m1/s1. The maximum Gasteiger partial charge on any atom is 0.164 e. The summed E-state index contributed by atoms with van der Waals surface area (Å²) in [5.41, 5.74) is 0.880. The van der Waals surface area contributed by atoms with Crippen molar-refractivity contribution in [2.45, 2.75) is 45.2 Å². The fourth-order valence-electron chi connectivity index (χ4n) is 2.92. The molecule has 0 radical (unpaired) electrons. The van der Waals surface area contributed by atoms with E-state index in [2.05, 4.69) is 24.0 Å². The second kappa shape index (κ2) is 7.38. The van der Waals surface area contributed by atoms with Crippen LogP contribution >= 0.6 is 0 Å².